The maximum atomic E-state index is 13.0. The van der Waals surface area contributed by atoms with E-state index in [1.54, 1.807) is 0 Å². The van der Waals surface area contributed by atoms with E-state index in [4.69, 9.17) is 0 Å². The van der Waals surface area contributed by atoms with Crippen molar-refractivity contribution in [2.24, 2.45) is 0 Å². The lowest BCUT2D eigenvalue weighted by molar-refractivity contribution is -0.143. The Hall–Kier alpha value is -2.94. The predicted molar refractivity (Wildman–Crippen MR) is 98.7 cm³/mol. The number of nitrogens with zero attached hydrogens (tertiary/aromatic N) is 5. The van der Waals surface area contributed by atoms with Crippen LogP contribution >= 0.6 is 0 Å². The number of aromatic nitrogens is 3. The smallest absolute Gasteiger partial charge is 0.268 e. The molecule has 15 heteroatoms. The lowest BCUT2D eigenvalue weighted by Crippen LogP contribution is -2.43. The minimum Gasteiger partial charge on any atom is -0.268 e. The minimum absolute atomic E-state index is 0.0113. The molecule has 0 bridgehead atoms. The molecule has 0 spiro atoms. The lowest BCUT2D eigenvalue weighted by atomic mass is 10.0. The second kappa shape index (κ2) is 8.20. The van der Waals surface area contributed by atoms with Crippen LogP contribution in [0.3, 0.4) is 0 Å². The zero-order valence-corrected chi connectivity index (χ0v) is 17.0. The molecule has 2 aromatic rings. The molecule has 0 aliphatic carbocycles. The molecule has 1 aromatic heterocycles. The molecule has 1 saturated heterocycles. The number of halogens is 6. The van der Waals surface area contributed by atoms with Gasteiger partial charge in [-0.3, -0.25) is 9.80 Å². The minimum atomic E-state index is -5.02. The molecule has 1 fully saturated rings. The molecule has 8 nitrogen and oxygen atoms in total. The van der Waals surface area contributed by atoms with E-state index in [1.807, 2.05) is 0 Å². The average Bonchev–Trinajstić information content (AvgIpc) is 3.33. The van der Waals surface area contributed by atoms with Gasteiger partial charge in [0.25, 0.3) is 5.91 Å². The van der Waals surface area contributed by atoms with E-state index in [9.17, 15) is 39.6 Å². The first-order valence-corrected chi connectivity index (χ1v) is 10.7. The van der Waals surface area contributed by atoms with Gasteiger partial charge in [-0.25, -0.2) is 18.1 Å². The molecular formula is C17H15F6N5O3S. The molecular weight excluding hydrogens is 468 g/mol. The molecule has 0 atom stereocenters. The van der Waals surface area contributed by atoms with E-state index in [0.717, 1.165) is 39.0 Å². The van der Waals surface area contributed by atoms with Crippen LogP contribution in [0.1, 0.15) is 17.5 Å². The van der Waals surface area contributed by atoms with E-state index in [-0.39, 0.29) is 19.2 Å². The van der Waals surface area contributed by atoms with Crippen molar-refractivity contribution in [3.63, 3.8) is 0 Å². The Labute approximate surface area is 177 Å². The molecule has 1 aromatic carbocycles. The van der Waals surface area contributed by atoms with Crippen LogP contribution in [0.5, 0.6) is 0 Å². The lowest BCUT2D eigenvalue weighted by Gasteiger charge is -2.24. The summed E-state index contributed by atoms with van der Waals surface area (Å²) >= 11 is 0. The molecule has 0 radical (unpaired) electrons. The van der Waals surface area contributed by atoms with Crippen LogP contribution in [0, 0.1) is 0 Å². The van der Waals surface area contributed by atoms with Crippen molar-refractivity contribution in [3.8, 4) is 11.4 Å². The number of alkyl halides is 6. The first-order valence-electron chi connectivity index (χ1n) is 8.84. The molecule has 0 unspecified atom stereocenters. The number of sulfonamides is 1. The maximum absolute atomic E-state index is 13.0. The molecule has 1 aliphatic heterocycles. The van der Waals surface area contributed by atoms with Crippen molar-refractivity contribution in [1.82, 2.24) is 24.2 Å². The second-order valence-corrected chi connectivity index (χ2v) is 8.67. The van der Waals surface area contributed by atoms with Gasteiger partial charge in [0.1, 0.15) is 6.33 Å². The van der Waals surface area contributed by atoms with Crippen molar-refractivity contribution in [3.05, 3.63) is 41.7 Å². The number of hydrogen-bond acceptors (Lipinski definition) is 5. The van der Waals surface area contributed by atoms with Gasteiger partial charge in [0.15, 0.2) is 5.82 Å². The highest BCUT2D eigenvalue weighted by molar-refractivity contribution is 7.88. The maximum Gasteiger partial charge on any atom is 0.416 e. The molecule has 1 aliphatic rings. The van der Waals surface area contributed by atoms with Gasteiger partial charge in [-0.1, -0.05) is 0 Å². The molecule has 0 N–H and O–H groups in total. The van der Waals surface area contributed by atoms with Crippen LogP contribution < -0.4 is 0 Å². The summed E-state index contributed by atoms with van der Waals surface area (Å²) in [6.45, 7) is 0.284. The highest BCUT2D eigenvalue weighted by Gasteiger charge is 2.37. The predicted octanol–water partition coefficient (Wildman–Crippen LogP) is 2.86. The summed E-state index contributed by atoms with van der Waals surface area (Å²) in [5.74, 6) is -1.14. The normalized spacial score (nSPS) is 16.3. The molecule has 2 heterocycles. The van der Waals surface area contributed by atoms with E-state index in [2.05, 4.69) is 10.1 Å². The molecule has 32 heavy (non-hydrogen) atoms. The number of carbonyl (C=O) groups is 1. The Morgan fingerprint density at radius 1 is 1.03 bits per heavy atom. The highest BCUT2D eigenvalue weighted by Crippen LogP contribution is 2.38. The van der Waals surface area contributed by atoms with E-state index in [1.165, 1.54) is 0 Å². The fourth-order valence-corrected chi connectivity index (χ4v) is 3.92. The number of carbonyl (C=O) groups excluding carboxylic acids is 1. The second-order valence-electron chi connectivity index (χ2n) is 6.78. The molecule has 3 rings (SSSR count). The summed E-state index contributed by atoms with van der Waals surface area (Å²) < 4.78 is 103. The summed E-state index contributed by atoms with van der Waals surface area (Å²) in [5, 5.41) is 4.77. The van der Waals surface area contributed by atoms with Crippen molar-refractivity contribution < 1.29 is 39.6 Å². The average molecular weight is 483 g/mol. The Bertz CT molecular complexity index is 1120. The van der Waals surface area contributed by atoms with E-state index in [0.29, 0.717) is 18.6 Å². The van der Waals surface area contributed by atoms with E-state index >= 15 is 0 Å². The number of hydrogen-bond donors (Lipinski definition) is 0. The zero-order valence-electron chi connectivity index (χ0n) is 16.2. The van der Waals surface area contributed by atoms with Crippen LogP contribution in [0.15, 0.2) is 30.6 Å². The SMILES string of the molecule is CS(=O)(=O)N1CCCN1C(=O)/C=C\n1cnc(-c2cc(C(F)(F)F)cc(C(F)(F)F)c2)n1. The summed E-state index contributed by atoms with van der Waals surface area (Å²) in [7, 11) is -3.66. The quantitative estimate of drug-likeness (QED) is 0.493. The van der Waals surface area contributed by atoms with Crippen LogP contribution in [0.4, 0.5) is 26.3 Å². The van der Waals surface area contributed by atoms with Crippen LogP contribution in [0.2, 0.25) is 0 Å². The van der Waals surface area contributed by atoms with Gasteiger partial charge in [0.2, 0.25) is 10.0 Å². The Balaban J connectivity index is 1.87. The van der Waals surface area contributed by atoms with Gasteiger partial charge < -0.3 is 0 Å². The number of benzene rings is 1. The van der Waals surface area contributed by atoms with Crippen molar-refractivity contribution >= 4 is 22.1 Å². The Morgan fingerprint density at radius 2 is 1.62 bits per heavy atom. The Morgan fingerprint density at radius 3 is 2.16 bits per heavy atom. The van der Waals surface area contributed by atoms with Crippen molar-refractivity contribution in [2.45, 2.75) is 18.8 Å². The van der Waals surface area contributed by atoms with E-state index < -0.39 is 50.8 Å². The van der Waals surface area contributed by atoms with Crippen LogP contribution in [-0.2, 0) is 27.2 Å². The summed E-state index contributed by atoms with van der Waals surface area (Å²) in [4.78, 5) is 16.0. The molecule has 0 saturated carbocycles. The number of amides is 1. The third-order valence-corrected chi connectivity index (χ3v) is 5.50. The van der Waals surface area contributed by atoms with Gasteiger partial charge >= 0.3 is 12.4 Å². The molecule has 174 valence electrons. The summed E-state index contributed by atoms with van der Waals surface area (Å²) in [5.41, 5.74) is -3.55. The largest absolute Gasteiger partial charge is 0.416 e. The fourth-order valence-electron chi connectivity index (χ4n) is 2.94. The number of rotatable bonds is 4. The monoisotopic (exact) mass is 483 g/mol. The summed E-state index contributed by atoms with van der Waals surface area (Å²) in [6, 6.07) is 0.957. The zero-order chi connectivity index (χ0) is 23.9. The van der Waals surface area contributed by atoms with Crippen molar-refractivity contribution in [2.75, 3.05) is 19.3 Å². The highest BCUT2D eigenvalue weighted by atomic mass is 32.2. The topological polar surface area (TPSA) is 88.4 Å². The first kappa shape index (κ1) is 23.7. The van der Waals surface area contributed by atoms with Gasteiger partial charge in [-0.2, -0.15) is 26.3 Å². The van der Waals surface area contributed by atoms with Crippen molar-refractivity contribution in [1.29, 1.82) is 0 Å². The van der Waals surface area contributed by atoms with Crippen LogP contribution in [-0.4, -0.2) is 57.9 Å². The van der Waals surface area contributed by atoms with Gasteiger partial charge in [-0.15, -0.1) is 9.51 Å². The standard InChI is InChI=1S/C17H15F6N5O3S/c1-32(30,31)28-5-2-4-27(28)14(29)3-6-26-10-24-15(25-26)11-7-12(16(18,19)20)9-13(8-11)17(21,22)23/h3,6-10H,2,4-5H2,1H3/b6-3-. The van der Waals surface area contributed by atoms with Gasteiger partial charge in [-0.05, 0) is 24.6 Å². The van der Waals surface area contributed by atoms with Gasteiger partial charge in [0, 0.05) is 30.9 Å². The first-order chi connectivity index (χ1) is 14.7. The van der Waals surface area contributed by atoms with Gasteiger partial charge in [0.05, 0.1) is 17.4 Å². The third-order valence-electron chi connectivity index (χ3n) is 4.35. The van der Waals surface area contributed by atoms with Crippen LogP contribution in [0.25, 0.3) is 17.6 Å². The fraction of sp³-hybridized carbons (Fsp3) is 0.353. The number of hydrazine groups is 1. The third kappa shape index (κ3) is 5.27. The Kier molecular flexibility index (Phi) is 6.08. The molecule has 1 amide bonds. The summed E-state index contributed by atoms with van der Waals surface area (Å²) in [6.07, 6.45) is -5.69.